The van der Waals surface area contributed by atoms with Gasteiger partial charge in [0.05, 0.1) is 10.7 Å². The second-order valence-corrected chi connectivity index (χ2v) is 5.63. The Morgan fingerprint density at radius 2 is 2.05 bits per heavy atom. The Bertz CT molecular complexity index is 648. The number of nitrogens with zero attached hydrogens (tertiary/aromatic N) is 1. The van der Waals surface area contributed by atoms with E-state index in [1.165, 1.54) is 16.9 Å². The summed E-state index contributed by atoms with van der Waals surface area (Å²) in [5.74, 6) is -0.262. The number of amidine groups is 1. The van der Waals surface area contributed by atoms with Crippen molar-refractivity contribution in [3.05, 3.63) is 28.8 Å². The van der Waals surface area contributed by atoms with Gasteiger partial charge in [-0.1, -0.05) is 16.8 Å². The van der Waals surface area contributed by atoms with Crippen LogP contribution in [0.3, 0.4) is 0 Å². The first-order valence-electron chi connectivity index (χ1n) is 5.15. The first-order chi connectivity index (χ1) is 9.54. The van der Waals surface area contributed by atoms with E-state index in [-0.39, 0.29) is 22.1 Å². The van der Waals surface area contributed by atoms with E-state index in [1.807, 2.05) is 4.72 Å². The highest BCUT2D eigenvalue weighted by molar-refractivity contribution is 7.90. The number of alkyl halides is 3. The average Bonchev–Trinajstić information content (AvgIpc) is 2.37. The molecule has 5 N–H and O–H groups in total. The molecule has 0 unspecified atom stereocenters. The van der Waals surface area contributed by atoms with E-state index in [9.17, 15) is 21.6 Å². The van der Waals surface area contributed by atoms with Crippen LogP contribution in [0.2, 0.25) is 5.02 Å². The minimum atomic E-state index is -4.69. The molecule has 118 valence electrons. The summed E-state index contributed by atoms with van der Waals surface area (Å²) in [5, 5.41) is 11.1. The molecule has 0 aliphatic rings. The lowest BCUT2D eigenvalue weighted by atomic mass is 10.2. The molecule has 0 aliphatic heterocycles. The van der Waals surface area contributed by atoms with Crippen molar-refractivity contribution in [1.82, 2.24) is 4.72 Å². The minimum absolute atomic E-state index is 0.142. The van der Waals surface area contributed by atoms with Gasteiger partial charge >= 0.3 is 6.18 Å². The summed E-state index contributed by atoms with van der Waals surface area (Å²) in [6.07, 6.45) is -4.69. The van der Waals surface area contributed by atoms with Crippen LogP contribution in [0.5, 0.6) is 0 Å². The molecule has 0 heterocycles. The van der Waals surface area contributed by atoms with E-state index in [4.69, 9.17) is 22.5 Å². The minimum Gasteiger partial charge on any atom is -0.409 e. The SMILES string of the molecule is N/C(=N/O)c1ccc(NS(=O)(=O)NCC(F)(F)F)c(Cl)c1. The first kappa shape index (κ1) is 17.3. The van der Waals surface area contributed by atoms with Crippen LogP contribution in [-0.4, -0.2) is 32.2 Å². The molecule has 0 saturated carbocycles. The van der Waals surface area contributed by atoms with Crippen LogP contribution in [0, 0.1) is 0 Å². The van der Waals surface area contributed by atoms with Gasteiger partial charge < -0.3 is 10.9 Å². The number of hydrogen-bond acceptors (Lipinski definition) is 4. The number of halogens is 4. The molecule has 0 radical (unpaired) electrons. The molecular weight excluding hydrogens is 337 g/mol. The summed E-state index contributed by atoms with van der Waals surface area (Å²) < 4.78 is 61.8. The van der Waals surface area contributed by atoms with Crippen LogP contribution >= 0.6 is 11.6 Å². The second-order valence-electron chi connectivity index (χ2n) is 3.72. The van der Waals surface area contributed by atoms with Gasteiger partial charge in [-0.2, -0.15) is 26.3 Å². The first-order valence-corrected chi connectivity index (χ1v) is 7.02. The molecule has 0 fully saturated rings. The lowest BCUT2D eigenvalue weighted by molar-refractivity contribution is -0.121. The summed E-state index contributed by atoms with van der Waals surface area (Å²) in [4.78, 5) is 0. The molecule has 0 aliphatic carbocycles. The Kier molecular flexibility index (Phi) is 5.25. The normalized spacial score (nSPS) is 13.2. The summed E-state index contributed by atoms with van der Waals surface area (Å²) in [6, 6.07) is 3.60. The Morgan fingerprint density at radius 1 is 1.43 bits per heavy atom. The molecule has 0 aromatic heterocycles. The van der Waals surface area contributed by atoms with Gasteiger partial charge in [-0.3, -0.25) is 4.72 Å². The Labute approximate surface area is 122 Å². The van der Waals surface area contributed by atoms with E-state index < -0.39 is 22.9 Å². The van der Waals surface area contributed by atoms with Crippen molar-refractivity contribution in [2.45, 2.75) is 6.18 Å². The zero-order chi connectivity index (χ0) is 16.3. The average molecular weight is 347 g/mol. The van der Waals surface area contributed by atoms with E-state index in [1.54, 1.807) is 0 Å². The molecule has 1 rings (SSSR count). The van der Waals surface area contributed by atoms with Gasteiger partial charge in [0.2, 0.25) is 0 Å². The molecule has 12 heteroatoms. The molecule has 1 aromatic rings. The maximum Gasteiger partial charge on any atom is 0.402 e. The third kappa shape index (κ3) is 5.65. The van der Waals surface area contributed by atoms with Crippen LogP contribution in [0.1, 0.15) is 5.56 Å². The van der Waals surface area contributed by atoms with Gasteiger partial charge in [-0.05, 0) is 18.2 Å². The van der Waals surface area contributed by atoms with Gasteiger partial charge in [0, 0.05) is 5.56 Å². The number of rotatable bonds is 5. The molecule has 0 bridgehead atoms. The van der Waals surface area contributed by atoms with Crippen LogP contribution in [0.15, 0.2) is 23.4 Å². The van der Waals surface area contributed by atoms with Crippen LogP contribution in [0.25, 0.3) is 0 Å². The highest BCUT2D eigenvalue weighted by Gasteiger charge is 2.29. The number of oxime groups is 1. The van der Waals surface area contributed by atoms with Crippen LogP contribution < -0.4 is 15.2 Å². The second kappa shape index (κ2) is 6.37. The van der Waals surface area contributed by atoms with E-state index in [0.717, 1.165) is 6.07 Å². The smallest absolute Gasteiger partial charge is 0.402 e. The van der Waals surface area contributed by atoms with Crippen molar-refractivity contribution in [2.24, 2.45) is 10.9 Å². The van der Waals surface area contributed by atoms with Crippen molar-refractivity contribution in [1.29, 1.82) is 0 Å². The van der Waals surface area contributed by atoms with Gasteiger partial charge in [0.1, 0.15) is 6.54 Å². The van der Waals surface area contributed by atoms with E-state index >= 15 is 0 Å². The number of nitrogens with two attached hydrogens (primary N) is 1. The predicted octanol–water partition coefficient (Wildman–Crippen LogP) is 1.24. The Morgan fingerprint density at radius 3 is 2.52 bits per heavy atom. The quantitative estimate of drug-likeness (QED) is 0.278. The summed E-state index contributed by atoms with van der Waals surface area (Å²) in [6.45, 7) is -1.72. The monoisotopic (exact) mass is 346 g/mol. The highest BCUT2D eigenvalue weighted by atomic mass is 35.5. The predicted molar refractivity (Wildman–Crippen MR) is 70.6 cm³/mol. The number of nitrogens with one attached hydrogen (secondary N) is 2. The van der Waals surface area contributed by atoms with Gasteiger partial charge in [0.15, 0.2) is 5.84 Å². The molecule has 7 nitrogen and oxygen atoms in total. The third-order valence-corrected chi connectivity index (χ3v) is 3.41. The Hall–Kier alpha value is -1.72. The van der Waals surface area contributed by atoms with Crippen molar-refractivity contribution in [3.8, 4) is 0 Å². The van der Waals surface area contributed by atoms with Gasteiger partial charge in [0.25, 0.3) is 10.2 Å². The zero-order valence-electron chi connectivity index (χ0n) is 10.1. The molecule has 0 spiro atoms. The highest BCUT2D eigenvalue weighted by Crippen LogP contribution is 2.24. The molecule has 0 saturated heterocycles. The van der Waals surface area contributed by atoms with Gasteiger partial charge in [-0.25, -0.2) is 0 Å². The molecule has 1 aromatic carbocycles. The van der Waals surface area contributed by atoms with Crippen LogP contribution in [-0.2, 0) is 10.2 Å². The van der Waals surface area contributed by atoms with E-state index in [2.05, 4.69) is 5.16 Å². The van der Waals surface area contributed by atoms with Crippen molar-refractivity contribution in [3.63, 3.8) is 0 Å². The zero-order valence-corrected chi connectivity index (χ0v) is 11.7. The van der Waals surface area contributed by atoms with Crippen molar-refractivity contribution < 1.29 is 26.8 Å². The summed E-state index contributed by atoms with van der Waals surface area (Å²) in [7, 11) is -4.44. The lowest BCUT2D eigenvalue weighted by Gasteiger charge is -2.12. The Balaban J connectivity index is 2.88. The maximum absolute atomic E-state index is 12.0. The number of benzene rings is 1. The molecular formula is C9H10ClF3N4O3S. The molecule has 0 atom stereocenters. The molecule has 21 heavy (non-hydrogen) atoms. The number of hydrogen-bond donors (Lipinski definition) is 4. The van der Waals surface area contributed by atoms with Crippen molar-refractivity contribution in [2.75, 3.05) is 11.3 Å². The van der Waals surface area contributed by atoms with Crippen molar-refractivity contribution >= 4 is 33.3 Å². The summed E-state index contributed by atoms with van der Waals surface area (Å²) in [5.41, 5.74) is 5.34. The summed E-state index contributed by atoms with van der Waals surface area (Å²) >= 11 is 5.76. The molecule has 0 amide bonds. The van der Waals surface area contributed by atoms with Gasteiger partial charge in [-0.15, -0.1) is 0 Å². The number of anilines is 1. The maximum atomic E-state index is 12.0. The lowest BCUT2D eigenvalue weighted by Crippen LogP contribution is -2.37. The standard InChI is InChI=1S/C9H10ClF3N4O3S/c10-6-3-5(8(14)16-18)1-2-7(6)17-21(19,20)15-4-9(11,12)13/h1-3,15,17-18H,4H2,(H2,14,16). The fraction of sp³-hybridized carbons (Fsp3) is 0.222. The fourth-order valence-electron chi connectivity index (χ4n) is 1.17. The fourth-order valence-corrected chi connectivity index (χ4v) is 2.35. The van der Waals surface area contributed by atoms with Crippen LogP contribution in [0.4, 0.5) is 18.9 Å². The third-order valence-electron chi connectivity index (χ3n) is 2.08. The van der Waals surface area contributed by atoms with E-state index in [0.29, 0.717) is 0 Å². The topological polar surface area (TPSA) is 117 Å². The largest absolute Gasteiger partial charge is 0.409 e.